The second kappa shape index (κ2) is 9.49. The average Bonchev–Trinajstić information content (AvgIpc) is 3.50. The molecule has 4 rings (SSSR count). The van der Waals surface area contributed by atoms with Crippen LogP contribution in [0.25, 0.3) is 5.13 Å². The van der Waals surface area contributed by atoms with Gasteiger partial charge in [-0.15, -0.1) is 10.2 Å². The van der Waals surface area contributed by atoms with Crippen molar-refractivity contribution in [1.29, 1.82) is 0 Å². The first kappa shape index (κ1) is 22.0. The summed E-state index contributed by atoms with van der Waals surface area (Å²) in [6.45, 7) is 2.50. The van der Waals surface area contributed by atoms with Crippen molar-refractivity contribution in [2.45, 2.75) is 32.2 Å². The van der Waals surface area contributed by atoms with Gasteiger partial charge in [0.1, 0.15) is 0 Å². The molecule has 3 aromatic heterocycles. The summed E-state index contributed by atoms with van der Waals surface area (Å²) in [4.78, 5) is 25.2. The molecule has 0 radical (unpaired) electrons. The summed E-state index contributed by atoms with van der Waals surface area (Å²) in [7, 11) is 3.06. The molecule has 0 aliphatic heterocycles. The lowest BCUT2D eigenvalue weighted by Gasteiger charge is -2.22. The number of hydrogen-bond donors (Lipinski definition) is 2. The Bertz CT molecular complexity index is 1160. The number of aromatic nitrogens is 4. The largest absolute Gasteiger partial charge is 0.488 e. The Morgan fingerprint density at radius 2 is 2.19 bits per heavy atom. The van der Waals surface area contributed by atoms with Gasteiger partial charge in [0.2, 0.25) is 16.0 Å². The second-order valence-electron chi connectivity index (χ2n) is 7.47. The molecule has 1 amide bonds. The van der Waals surface area contributed by atoms with Crippen LogP contribution >= 0.6 is 11.3 Å². The summed E-state index contributed by atoms with van der Waals surface area (Å²) >= 11 is 1.15. The predicted molar refractivity (Wildman–Crippen MR) is 118 cm³/mol. The van der Waals surface area contributed by atoms with E-state index in [0.29, 0.717) is 23.3 Å². The van der Waals surface area contributed by atoms with E-state index in [2.05, 4.69) is 25.9 Å². The van der Waals surface area contributed by atoms with Crippen LogP contribution in [0.3, 0.4) is 0 Å². The van der Waals surface area contributed by atoms with E-state index in [0.717, 1.165) is 36.3 Å². The van der Waals surface area contributed by atoms with Gasteiger partial charge in [-0.1, -0.05) is 17.8 Å². The standard InChI is InChI=1S/C20H24N6O5S/c1-11-7-8-21-26(11)20-25-24-19(32-20)23-17(27)15-9-14(16(30-3)18(28)31-15)22-13-6-4-5-12(13)10-29-2/h7-9,12-13,22H,4-6,10H2,1-3H3,(H,23,24,27). The third kappa shape index (κ3) is 4.50. The zero-order valence-electron chi connectivity index (χ0n) is 18.0. The smallest absolute Gasteiger partial charge is 0.381 e. The third-order valence-corrected chi connectivity index (χ3v) is 6.18. The van der Waals surface area contributed by atoms with Crippen molar-refractivity contribution < 1.29 is 18.7 Å². The Labute approximate surface area is 187 Å². The minimum Gasteiger partial charge on any atom is -0.488 e. The number of hydrogen-bond acceptors (Lipinski definition) is 10. The van der Waals surface area contributed by atoms with E-state index >= 15 is 0 Å². The maximum Gasteiger partial charge on any atom is 0.381 e. The molecule has 0 bridgehead atoms. The van der Waals surface area contributed by atoms with Gasteiger partial charge < -0.3 is 19.2 Å². The van der Waals surface area contributed by atoms with Gasteiger partial charge >= 0.3 is 5.63 Å². The number of anilines is 2. The van der Waals surface area contributed by atoms with Crippen LogP contribution in [0.15, 0.2) is 27.5 Å². The van der Waals surface area contributed by atoms with E-state index < -0.39 is 11.5 Å². The van der Waals surface area contributed by atoms with Gasteiger partial charge in [-0.05, 0) is 25.8 Å². The molecular weight excluding hydrogens is 436 g/mol. The van der Waals surface area contributed by atoms with E-state index in [9.17, 15) is 9.59 Å². The summed E-state index contributed by atoms with van der Waals surface area (Å²) in [5.74, 6) is -0.448. The van der Waals surface area contributed by atoms with E-state index in [1.807, 2.05) is 13.0 Å². The number of ether oxygens (including phenoxy) is 2. The molecule has 2 N–H and O–H groups in total. The normalized spacial score (nSPS) is 18.0. The zero-order chi connectivity index (χ0) is 22.7. The lowest BCUT2D eigenvalue weighted by Crippen LogP contribution is -2.28. The molecule has 170 valence electrons. The predicted octanol–water partition coefficient (Wildman–Crippen LogP) is 2.47. The minimum absolute atomic E-state index is 0.0250. The van der Waals surface area contributed by atoms with Gasteiger partial charge in [-0.25, -0.2) is 9.48 Å². The summed E-state index contributed by atoms with van der Waals surface area (Å²) < 4.78 is 17.3. The first-order valence-electron chi connectivity index (χ1n) is 10.1. The van der Waals surface area contributed by atoms with Crippen molar-refractivity contribution in [2.75, 3.05) is 31.5 Å². The Morgan fingerprint density at radius 3 is 2.91 bits per heavy atom. The molecule has 2 atom stereocenters. The molecule has 0 saturated heterocycles. The topological polar surface area (TPSA) is 133 Å². The van der Waals surface area contributed by atoms with Crippen molar-refractivity contribution in [2.24, 2.45) is 5.92 Å². The Kier molecular flexibility index (Phi) is 6.51. The molecule has 1 saturated carbocycles. The quantitative estimate of drug-likeness (QED) is 0.520. The number of amides is 1. The molecule has 1 aliphatic carbocycles. The summed E-state index contributed by atoms with van der Waals surface area (Å²) in [5, 5.41) is 18.9. The van der Waals surface area contributed by atoms with Gasteiger partial charge in [0.05, 0.1) is 19.4 Å². The summed E-state index contributed by atoms with van der Waals surface area (Å²) in [6.07, 6.45) is 4.66. The number of rotatable bonds is 8. The van der Waals surface area contributed by atoms with Crippen LogP contribution in [0, 0.1) is 12.8 Å². The van der Waals surface area contributed by atoms with Crippen LogP contribution in [0.4, 0.5) is 10.8 Å². The summed E-state index contributed by atoms with van der Waals surface area (Å²) in [6, 6.07) is 3.41. The van der Waals surface area contributed by atoms with E-state index in [4.69, 9.17) is 13.9 Å². The highest BCUT2D eigenvalue weighted by molar-refractivity contribution is 7.17. The van der Waals surface area contributed by atoms with Gasteiger partial charge in [-0.3, -0.25) is 10.1 Å². The highest BCUT2D eigenvalue weighted by Gasteiger charge is 2.29. The van der Waals surface area contributed by atoms with Gasteiger partial charge in [0, 0.05) is 37.0 Å². The number of methoxy groups -OCH3 is 2. The fourth-order valence-corrected chi connectivity index (χ4v) is 4.57. The van der Waals surface area contributed by atoms with Crippen LogP contribution in [-0.2, 0) is 4.74 Å². The van der Waals surface area contributed by atoms with Crippen LogP contribution in [0.5, 0.6) is 5.75 Å². The molecule has 2 unspecified atom stereocenters. The monoisotopic (exact) mass is 460 g/mol. The molecule has 11 nitrogen and oxygen atoms in total. The Balaban J connectivity index is 1.54. The molecule has 0 aromatic carbocycles. The lowest BCUT2D eigenvalue weighted by atomic mass is 10.0. The molecule has 1 fully saturated rings. The zero-order valence-corrected chi connectivity index (χ0v) is 18.8. The third-order valence-electron chi connectivity index (χ3n) is 5.36. The fraction of sp³-hybridized carbons (Fsp3) is 0.450. The van der Waals surface area contributed by atoms with E-state index in [1.54, 1.807) is 18.0 Å². The molecule has 3 heterocycles. The second-order valence-corrected chi connectivity index (χ2v) is 8.43. The Hall–Kier alpha value is -3.25. The van der Waals surface area contributed by atoms with Crippen molar-refractivity contribution in [1.82, 2.24) is 20.0 Å². The number of carbonyl (C=O) groups excluding carboxylic acids is 1. The van der Waals surface area contributed by atoms with Crippen LogP contribution in [0.2, 0.25) is 0 Å². The van der Waals surface area contributed by atoms with Crippen LogP contribution in [-0.4, -0.2) is 52.8 Å². The number of nitrogens with zero attached hydrogens (tertiary/aromatic N) is 4. The van der Waals surface area contributed by atoms with Crippen molar-refractivity contribution in [3.63, 3.8) is 0 Å². The lowest BCUT2D eigenvalue weighted by molar-refractivity contribution is 0.0991. The highest BCUT2D eigenvalue weighted by Crippen LogP contribution is 2.32. The molecule has 3 aromatic rings. The SMILES string of the molecule is COCC1CCCC1Nc1cc(C(=O)Nc2nnc(-n3nccc3C)s2)oc(=O)c1OC. The van der Waals surface area contributed by atoms with Gasteiger partial charge in [0.15, 0.2) is 5.76 Å². The fourth-order valence-electron chi connectivity index (χ4n) is 3.81. The molecule has 32 heavy (non-hydrogen) atoms. The minimum atomic E-state index is -0.742. The number of aryl methyl sites for hydroxylation is 1. The van der Waals surface area contributed by atoms with Gasteiger partial charge in [-0.2, -0.15) is 5.10 Å². The van der Waals surface area contributed by atoms with Crippen molar-refractivity contribution in [3.05, 3.63) is 40.2 Å². The first-order chi connectivity index (χ1) is 15.5. The highest BCUT2D eigenvalue weighted by atomic mass is 32.1. The maximum absolute atomic E-state index is 12.8. The van der Waals surface area contributed by atoms with Crippen LogP contribution in [0.1, 0.15) is 35.5 Å². The maximum atomic E-state index is 12.8. The first-order valence-corrected chi connectivity index (χ1v) is 10.9. The van der Waals surface area contributed by atoms with E-state index in [-0.39, 0.29) is 22.7 Å². The van der Waals surface area contributed by atoms with Crippen molar-refractivity contribution >= 4 is 28.1 Å². The van der Waals surface area contributed by atoms with Crippen LogP contribution < -0.4 is 21.0 Å². The molecule has 1 aliphatic rings. The molecular formula is C20H24N6O5S. The van der Waals surface area contributed by atoms with E-state index in [1.165, 1.54) is 13.2 Å². The van der Waals surface area contributed by atoms with Crippen molar-refractivity contribution in [3.8, 4) is 10.9 Å². The molecule has 0 spiro atoms. The average molecular weight is 461 g/mol. The molecule has 12 heteroatoms. The van der Waals surface area contributed by atoms with Gasteiger partial charge in [0.25, 0.3) is 5.91 Å². The summed E-state index contributed by atoms with van der Waals surface area (Å²) in [5.41, 5.74) is 0.552. The number of carbonyl (C=O) groups is 1. The Morgan fingerprint density at radius 1 is 1.34 bits per heavy atom. The number of nitrogens with one attached hydrogen (secondary N) is 2.